The smallest absolute Gasteiger partial charge is 0.253 e. The van der Waals surface area contributed by atoms with E-state index in [0.29, 0.717) is 0 Å². The van der Waals surface area contributed by atoms with Gasteiger partial charge in [-0.05, 0) is 49.6 Å². The van der Waals surface area contributed by atoms with Gasteiger partial charge in [0.2, 0.25) is 0 Å². The second kappa shape index (κ2) is 8.29. The highest BCUT2D eigenvalue weighted by Crippen LogP contribution is 2.31. The van der Waals surface area contributed by atoms with Gasteiger partial charge in [-0.25, -0.2) is 4.39 Å². The van der Waals surface area contributed by atoms with Crippen LogP contribution in [0.25, 0.3) is 10.9 Å². The predicted molar refractivity (Wildman–Crippen MR) is 125 cm³/mol. The molecule has 0 spiro atoms. The van der Waals surface area contributed by atoms with Gasteiger partial charge in [-0.3, -0.25) is 9.69 Å². The number of benzene rings is 2. The van der Waals surface area contributed by atoms with Crippen molar-refractivity contribution < 1.29 is 4.39 Å². The summed E-state index contributed by atoms with van der Waals surface area (Å²) in [4.78, 5) is 20.2. The monoisotopic (exact) mass is 431 g/mol. The number of pyridine rings is 1. The number of fused-ring (bicyclic) bond motifs is 3. The SMILES string of the molecule is CC(c1ccc2c3c(c(=O)[nH]c2c1)CCCN3)N1CCN(c2ccc(C#N)c(F)c2)CC1. The lowest BCUT2D eigenvalue weighted by atomic mass is 9.98. The molecule has 32 heavy (non-hydrogen) atoms. The van der Waals surface area contributed by atoms with Crippen LogP contribution in [-0.2, 0) is 6.42 Å². The number of piperazine rings is 1. The van der Waals surface area contributed by atoms with Gasteiger partial charge >= 0.3 is 0 Å². The highest BCUT2D eigenvalue weighted by Gasteiger charge is 2.24. The summed E-state index contributed by atoms with van der Waals surface area (Å²) in [6.45, 7) is 6.37. The molecule has 1 aromatic heterocycles. The van der Waals surface area contributed by atoms with Crippen molar-refractivity contribution in [1.29, 1.82) is 5.26 Å². The van der Waals surface area contributed by atoms with E-state index < -0.39 is 5.82 Å². The largest absolute Gasteiger partial charge is 0.384 e. The van der Waals surface area contributed by atoms with Gasteiger partial charge in [-0.1, -0.05) is 12.1 Å². The number of anilines is 2. The Labute approximate surface area is 186 Å². The van der Waals surface area contributed by atoms with Crippen LogP contribution in [0.2, 0.25) is 0 Å². The van der Waals surface area contributed by atoms with Crippen LogP contribution >= 0.6 is 0 Å². The molecule has 7 heteroatoms. The fourth-order valence-electron chi connectivity index (χ4n) is 4.91. The van der Waals surface area contributed by atoms with Crippen molar-refractivity contribution in [3.05, 3.63) is 69.3 Å². The van der Waals surface area contributed by atoms with E-state index in [1.54, 1.807) is 6.07 Å². The molecule has 1 atom stereocenters. The first kappa shape index (κ1) is 20.5. The molecule has 6 nitrogen and oxygen atoms in total. The third-order valence-electron chi connectivity index (χ3n) is 6.83. The molecule has 3 aromatic rings. The Morgan fingerprint density at radius 2 is 1.94 bits per heavy atom. The average molecular weight is 432 g/mol. The fraction of sp³-hybridized carbons (Fsp3) is 0.360. The molecule has 1 saturated heterocycles. The molecule has 164 valence electrons. The maximum Gasteiger partial charge on any atom is 0.253 e. The second-order valence-corrected chi connectivity index (χ2v) is 8.62. The summed E-state index contributed by atoms with van der Waals surface area (Å²) in [5.74, 6) is -0.470. The number of hydrogen-bond acceptors (Lipinski definition) is 5. The number of nitrogens with zero attached hydrogens (tertiary/aromatic N) is 3. The summed E-state index contributed by atoms with van der Waals surface area (Å²) in [5, 5.41) is 13.4. The first-order valence-corrected chi connectivity index (χ1v) is 11.2. The van der Waals surface area contributed by atoms with Gasteiger partial charge in [0, 0.05) is 55.4 Å². The minimum atomic E-state index is -0.470. The van der Waals surface area contributed by atoms with Crippen molar-refractivity contribution in [2.45, 2.75) is 25.8 Å². The van der Waals surface area contributed by atoms with Crippen LogP contribution in [0.5, 0.6) is 0 Å². The van der Waals surface area contributed by atoms with Crippen molar-refractivity contribution in [2.24, 2.45) is 0 Å². The van der Waals surface area contributed by atoms with Crippen LogP contribution in [0.4, 0.5) is 15.8 Å². The molecular weight excluding hydrogens is 405 g/mol. The molecular formula is C25H26FN5O. The Morgan fingerprint density at radius 1 is 1.12 bits per heavy atom. The molecule has 5 rings (SSSR count). The Bertz CT molecular complexity index is 1270. The molecule has 3 heterocycles. The van der Waals surface area contributed by atoms with E-state index in [1.165, 1.54) is 11.6 Å². The minimum Gasteiger partial charge on any atom is -0.384 e. The second-order valence-electron chi connectivity index (χ2n) is 8.62. The molecule has 0 amide bonds. The van der Waals surface area contributed by atoms with E-state index in [-0.39, 0.29) is 17.2 Å². The normalized spacial score (nSPS) is 17.5. The maximum absolute atomic E-state index is 14.0. The van der Waals surface area contributed by atoms with Crippen molar-refractivity contribution >= 4 is 22.3 Å². The maximum atomic E-state index is 14.0. The topological polar surface area (TPSA) is 75.2 Å². The van der Waals surface area contributed by atoms with Gasteiger partial charge in [0.05, 0.1) is 16.8 Å². The highest BCUT2D eigenvalue weighted by atomic mass is 19.1. The number of aromatic nitrogens is 1. The van der Waals surface area contributed by atoms with Crippen LogP contribution < -0.4 is 15.8 Å². The van der Waals surface area contributed by atoms with Gasteiger partial charge < -0.3 is 15.2 Å². The van der Waals surface area contributed by atoms with Crippen LogP contribution in [0.1, 0.15) is 36.1 Å². The predicted octanol–water partition coefficient (Wildman–Crippen LogP) is 3.78. The third-order valence-corrected chi connectivity index (χ3v) is 6.83. The van der Waals surface area contributed by atoms with E-state index in [9.17, 15) is 9.18 Å². The van der Waals surface area contributed by atoms with E-state index >= 15 is 0 Å². The number of H-pyrrole nitrogens is 1. The number of aromatic amines is 1. The zero-order valence-corrected chi connectivity index (χ0v) is 18.1. The Morgan fingerprint density at radius 3 is 2.69 bits per heavy atom. The van der Waals surface area contributed by atoms with Gasteiger partial charge in [0.15, 0.2) is 0 Å². The summed E-state index contributed by atoms with van der Waals surface area (Å²) in [6, 6.07) is 13.3. The number of hydrogen-bond donors (Lipinski definition) is 2. The minimum absolute atomic E-state index is 0.00719. The summed E-state index contributed by atoms with van der Waals surface area (Å²) >= 11 is 0. The van der Waals surface area contributed by atoms with Gasteiger partial charge in [-0.2, -0.15) is 5.26 Å². The lowest BCUT2D eigenvalue weighted by Crippen LogP contribution is -2.47. The van der Waals surface area contributed by atoms with E-state index in [4.69, 9.17) is 5.26 Å². The number of nitrogens with one attached hydrogen (secondary N) is 2. The molecule has 0 saturated carbocycles. The van der Waals surface area contributed by atoms with Crippen LogP contribution in [0.15, 0.2) is 41.2 Å². The molecule has 1 unspecified atom stereocenters. The molecule has 0 bridgehead atoms. The number of halogens is 1. The Hall–Kier alpha value is -3.37. The first-order valence-electron chi connectivity index (χ1n) is 11.2. The summed E-state index contributed by atoms with van der Waals surface area (Å²) in [7, 11) is 0. The molecule has 1 fully saturated rings. The molecule has 2 aliphatic rings. The fourth-order valence-corrected chi connectivity index (χ4v) is 4.91. The van der Waals surface area contributed by atoms with Crippen molar-refractivity contribution in [2.75, 3.05) is 42.9 Å². The van der Waals surface area contributed by atoms with Crippen molar-refractivity contribution in [3.8, 4) is 6.07 Å². The zero-order chi connectivity index (χ0) is 22.2. The van der Waals surface area contributed by atoms with Gasteiger partial charge in [0.25, 0.3) is 5.56 Å². The van der Waals surface area contributed by atoms with Crippen LogP contribution in [-0.4, -0.2) is 42.6 Å². The summed E-state index contributed by atoms with van der Waals surface area (Å²) < 4.78 is 14.0. The van der Waals surface area contributed by atoms with E-state index in [0.717, 1.165) is 73.4 Å². The molecule has 0 aliphatic carbocycles. The lowest BCUT2D eigenvalue weighted by Gasteiger charge is -2.39. The van der Waals surface area contributed by atoms with Crippen LogP contribution in [0.3, 0.4) is 0 Å². The summed E-state index contributed by atoms with van der Waals surface area (Å²) in [5.41, 5.74) is 4.78. The standard InChI is InChI=1S/C25H26FN5O/c1-16(30-9-11-31(12-10-30)19-6-4-18(15-27)22(26)14-19)17-5-7-20-23(13-17)29-25(32)21-3-2-8-28-24(20)21/h4-7,13-14,16,28H,2-3,8-12H2,1H3,(H,29,32). The van der Waals surface area contributed by atoms with E-state index in [1.807, 2.05) is 12.1 Å². The number of nitriles is 1. The quantitative estimate of drug-likeness (QED) is 0.660. The van der Waals surface area contributed by atoms with Gasteiger partial charge in [-0.15, -0.1) is 0 Å². The van der Waals surface area contributed by atoms with Crippen molar-refractivity contribution in [3.63, 3.8) is 0 Å². The van der Waals surface area contributed by atoms with Gasteiger partial charge in [0.1, 0.15) is 11.9 Å². The first-order chi connectivity index (χ1) is 15.5. The highest BCUT2D eigenvalue weighted by molar-refractivity contribution is 5.93. The van der Waals surface area contributed by atoms with E-state index in [2.05, 4.69) is 45.2 Å². The third kappa shape index (κ3) is 3.61. The Kier molecular flexibility index (Phi) is 5.32. The molecule has 2 N–H and O–H groups in total. The van der Waals surface area contributed by atoms with Crippen molar-refractivity contribution in [1.82, 2.24) is 9.88 Å². The van der Waals surface area contributed by atoms with Crippen LogP contribution in [0, 0.1) is 17.1 Å². The number of rotatable bonds is 3. The lowest BCUT2D eigenvalue weighted by molar-refractivity contribution is 0.198. The Balaban J connectivity index is 1.33. The average Bonchev–Trinajstić information content (AvgIpc) is 2.83. The molecule has 0 radical (unpaired) electrons. The zero-order valence-electron chi connectivity index (χ0n) is 18.1. The summed E-state index contributed by atoms with van der Waals surface area (Å²) in [6.07, 6.45) is 1.80. The molecule has 2 aliphatic heterocycles. The molecule has 2 aromatic carbocycles.